The van der Waals surface area contributed by atoms with Crippen LogP contribution in [0.1, 0.15) is 30.6 Å². The summed E-state index contributed by atoms with van der Waals surface area (Å²) < 4.78 is 5.61. The van der Waals surface area contributed by atoms with Gasteiger partial charge in [-0.25, -0.2) is 0 Å². The van der Waals surface area contributed by atoms with Crippen LogP contribution in [0.25, 0.3) is 11.1 Å². The number of H-pyrrole nitrogens is 1. The molecular weight excluding hydrogens is 310 g/mol. The van der Waals surface area contributed by atoms with Crippen molar-refractivity contribution in [3.8, 4) is 0 Å². The topological polar surface area (TPSA) is 118 Å². The lowest BCUT2D eigenvalue weighted by molar-refractivity contribution is 0.0999. The fraction of sp³-hybridized carbons (Fsp3) is 0.235. The highest BCUT2D eigenvalue weighted by Crippen LogP contribution is 2.19. The third-order valence-electron chi connectivity index (χ3n) is 3.95. The van der Waals surface area contributed by atoms with Gasteiger partial charge in [-0.2, -0.15) is 0 Å². The highest BCUT2D eigenvalue weighted by molar-refractivity contribution is 5.93. The minimum absolute atomic E-state index is 0.0675. The molecular formula is C17H17N3O4. The molecule has 7 nitrogen and oxygen atoms in total. The number of carbonyl (C=O) groups is 1. The minimum Gasteiger partial charge on any atom is -0.449 e. The van der Waals surface area contributed by atoms with Gasteiger partial charge in [0, 0.05) is 23.9 Å². The van der Waals surface area contributed by atoms with E-state index < -0.39 is 16.8 Å². The first-order valence-electron chi connectivity index (χ1n) is 7.61. The predicted octanol–water partition coefficient (Wildman–Crippen LogP) is 1.52. The molecule has 24 heavy (non-hydrogen) atoms. The molecule has 1 aromatic rings. The van der Waals surface area contributed by atoms with E-state index in [1.54, 1.807) is 12.1 Å². The van der Waals surface area contributed by atoms with Crippen molar-refractivity contribution >= 4 is 22.7 Å². The summed E-state index contributed by atoms with van der Waals surface area (Å²) >= 11 is 0. The molecule has 0 bridgehead atoms. The Morgan fingerprint density at radius 2 is 2.08 bits per heavy atom. The molecule has 0 fully saturated rings. The number of nitrogens with two attached hydrogens (primary N) is 1. The van der Waals surface area contributed by atoms with Gasteiger partial charge >= 0.3 is 0 Å². The minimum atomic E-state index is -0.832. The molecule has 7 heteroatoms. The smallest absolute Gasteiger partial charge is 0.270 e. The van der Waals surface area contributed by atoms with Gasteiger partial charge < -0.3 is 20.5 Å². The number of hydrogen-bond donors (Lipinski definition) is 3. The number of hydrogen-bond acceptors (Lipinski definition) is 5. The fourth-order valence-electron chi connectivity index (χ4n) is 2.46. The second kappa shape index (κ2) is 5.84. The van der Waals surface area contributed by atoms with E-state index in [2.05, 4.69) is 17.2 Å². The Balaban J connectivity index is 2.34. The van der Waals surface area contributed by atoms with Gasteiger partial charge in [0.1, 0.15) is 0 Å². The van der Waals surface area contributed by atoms with Crippen LogP contribution in [-0.4, -0.2) is 16.9 Å². The normalized spacial score (nSPS) is 12.4. The molecule has 0 aromatic heterocycles. The highest BCUT2D eigenvalue weighted by atomic mass is 16.3. The van der Waals surface area contributed by atoms with Crippen LogP contribution in [0, 0.1) is 10.8 Å². The zero-order valence-electron chi connectivity index (χ0n) is 13.3. The number of aromatic nitrogens is 1. The second-order valence-corrected chi connectivity index (χ2v) is 5.71. The van der Waals surface area contributed by atoms with Crippen LogP contribution < -0.4 is 21.9 Å². The fourth-order valence-corrected chi connectivity index (χ4v) is 2.46. The number of amides is 1. The molecule has 3 rings (SSSR count). The monoisotopic (exact) mass is 327 g/mol. The molecule has 1 unspecified atom stereocenters. The van der Waals surface area contributed by atoms with Crippen LogP contribution >= 0.6 is 0 Å². The van der Waals surface area contributed by atoms with Crippen molar-refractivity contribution in [2.75, 3.05) is 5.32 Å². The van der Waals surface area contributed by atoms with Gasteiger partial charge in [-0.15, -0.1) is 0 Å². The van der Waals surface area contributed by atoms with E-state index >= 15 is 0 Å². The van der Waals surface area contributed by atoms with Crippen molar-refractivity contribution in [1.29, 1.82) is 0 Å². The first kappa shape index (κ1) is 15.8. The number of benzene rings is 1. The molecule has 0 saturated carbocycles. The van der Waals surface area contributed by atoms with Gasteiger partial charge in [0.25, 0.3) is 11.3 Å². The summed E-state index contributed by atoms with van der Waals surface area (Å²) in [5.41, 5.74) is 5.18. The van der Waals surface area contributed by atoms with Gasteiger partial charge in [0.05, 0.1) is 16.4 Å². The van der Waals surface area contributed by atoms with Gasteiger partial charge in [-0.1, -0.05) is 6.92 Å². The zero-order valence-corrected chi connectivity index (χ0v) is 13.3. The van der Waals surface area contributed by atoms with E-state index in [0.29, 0.717) is 11.1 Å². The molecule has 1 amide bonds. The zero-order chi connectivity index (χ0) is 17.4. The Labute approximate surface area is 136 Å². The molecule has 1 heterocycles. The van der Waals surface area contributed by atoms with Crippen molar-refractivity contribution in [2.24, 2.45) is 5.73 Å². The maximum Gasteiger partial charge on any atom is 0.270 e. The van der Waals surface area contributed by atoms with E-state index in [1.807, 2.05) is 13.0 Å². The molecule has 124 valence electrons. The number of fused-ring (bicyclic) bond motifs is 1. The van der Waals surface area contributed by atoms with Gasteiger partial charge in [0.15, 0.2) is 5.58 Å². The number of nitrogens with one attached hydrogen (secondary N) is 2. The average molecular weight is 327 g/mol. The van der Waals surface area contributed by atoms with Crippen LogP contribution in [0.15, 0.2) is 38.3 Å². The number of primary amides is 1. The third kappa shape index (κ3) is 2.64. The first-order chi connectivity index (χ1) is 11.4. The average Bonchev–Trinajstić information content (AvgIpc) is 2.56. The summed E-state index contributed by atoms with van der Waals surface area (Å²) in [7, 11) is 0. The maximum atomic E-state index is 12.1. The number of rotatable bonds is 4. The first-order valence-corrected chi connectivity index (χ1v) is 7.61. The highest BCUT2D eigenvalue weighted by Gasteiger charge is 2.13. The number of aromatic amines is 1. The number of carbonyl (C=O) groups excluding carboxylic acids is 1. The summed E-state index contributed by atoms with van der Waals surface area (Å²) in [5.74, 6) is -0.807. The van der Waals surface area contributed by atoms with E-state index in [9.17, 15) is 14.4 Å². The molecule has 1 atom stereocenters. The molecule has 1 aliphatic heterocycles. The Morgan fingerprint density at radius 3 is 2.75 bits per heavy atom. The molecule has 4 N–H and O–H groups in total. The Bertz CT molecular complexity index is 1110. The lowest BCUT2D eigenvalue weighted by Gasteiger charge is -2.13. The Morgan fingerprint density at radius 1 is 1.33 bits per heavy atom. The van der Waals surface area contributed by atoms with Gasteiger partial charge in [0.2, 0.25) is 10.8 Å². The van der Waals surface area contributed by atoms with Crippen molar-refractivity contribution in [3.05, 3.63) is 61.0 Å². The van der Waals surface area contributed by atoms with E-state index in [1.165, 1.54) is 0 Å². The van der Waals surface area contributed by atoms with Crippen LogP contribution in [0.2, 0.25) is 0 Å². The van der Waals surface area contributed by atoms with Crippen LogP contribution in [-0.2, 0) is 0 Å². The molecule has 1 aromatic carbocycles. The predicted molar refractivity (Wildman–Crippen MR) is 90.3 cm³/mol. The molecule has 0 radical (unpaired) electrons. The molecule has 1 aliphatic carbocycles. The molecule has 2 aliphatic rings. The standard InChI is InChI=1S/C17H17N3O4/c1-3-8(2)19-9-4-5-11-13(6-9)24-16-14(20-11)10(17(18)23)7-12(21)15(16)22/h4-8,19-20H,3H2,1-2H3,(H2,18,23). The molecule has 0 spiro atoms. The summed E-state index contributed by atoms with van der Waals surface area (Å²) in [4.78, 5) is 38.3. The van der Waals surface area contributed by atoms with E-state index in [0.717, 1.165) is 18.2 Å². The SMILES string of the molecule is CCC(C)Nc1ccc2[nH]c3c(C(N)=O)cc(=O)c(=O)c=3oc2c1. The Kier molecular flexibility index (Phi) is 3.84. The third-order valence-corrected chi connectivity index (χ3v) is 3.95. The van der Waals surface area contributed by atoms with Crippen molar-refractivity contribution in [1.82, 2.24) is 4.98 Å². The van der Waals surface area contributed by atoms with E-state index in [-0.39, 0.29) is 22.4 Å². The maximum absolute atomic E-state index is 12.1. The summed E-state index contributed by atoms with van der Waals surface area (Å²) in [6, 6.07) is 6.57. The second-order valence-electron chi connectivity index (χ2n) is 5.71. The van der Waals surface area contributed by atoms with Crippen LogP contribution in [0.5, 0.6) is 0 Å². The van der Waals surface area contributed by atoms with Crippen molar-refractivity contribution in [3.63, 3.8) is 0 Å². The summed E-state index contributed by atoms with van der Waals surface area (Å²) in [6.07, 6.45) is 0.950. The van der Waals surface area contributed by atoms with Gasteiger partial charge in [-0.05, 0) is 25.5 Å². The lowest BCUT2D eigenvalue weighted by Crippen LogP contribution is -2.28. The Hall–Kier alpha value is -3.09. The van der Waals surface area contributed by atoms with Crippen LogP contribution in [0.4, 0.5) is 5.69 Å². The van der Waals surface area contributed by atoms with Crippen molar-refractivity contribution < 1.29 is 9.21 Å². The van der Waals surface area contributed by atoms with Crippen molar-refractivity contribution in [2.45, 2.75) is 26.3 Å². The quantitative estimate of drug-likeness (QED) is 0.628. The lowest BCUT2D eigenvalue weighted by atomic mass is 10.2. The van der Waals surface area contributed by atoms with Gasteiger partial charge in [-0.3, -0.25) is 14.4 Å². The summed E-state index contributed by atoms with van der Waals surface area (Å²) in [5, 5.41) is 3.43. The van der Waals surface area contributed by atoms with Crippen LogP contribution in [0.3, 0.4) is 0 Å². The summed E-state index contributed by atoms with van der Waals surface area (Å²) in [6.45, 7) is 4.11. The number of anilines is 1. The molecule has 0 saturated heterocycles. The largest absolute Gasteiger partial charge is 0.449 e. The van der Waals surface area contributed by atoms with E-state index in [4.69, 9.17) is 10.2 Å².